The van der Waals surface area contributed by atoms with E-state index in [0.717, 1.165) is 48.6 Å². The molecule has 2 saturated heterocycles. The molecule has 0 aromatic heterocycles. The summed E-state index contributed by atoms with van der Waals surface area (Å²) in [4.78, 5) is 0. The summed E-state index contributed by atoms with van der Waals surface area (Å²) in [6.07, 6.45) is 28.1. The van der Waals surface area contributed by atoms with Gasteiger partial charge in [-0.1, -0.05) is 91.5 Å². The Kier molecular flexibility index (Phi) is 12.1. The fourth-order valence-electron chi connectivity index (χ4n) is 16.2. The van der Waals surface area contributed by atoms with Gasteiger partial charge in [-0.25, -0.2) is 12.1 Å². The van der Waals surface area contributed by atoms with Crippen molar-refractivity contribution >= 4 is 17.2 Å². The molecule has 0 spiro atoms. The van der Waals surface area contributed by atoms with Gasteiger partial charge in [0, 0.05) is 17.2 Å². The fourth-order valence-corrected chi connectivity index (χ4v) is 22.2. The van der Waals surface area contributed by atoms with Gasteiger partial charge < -0.3 is 10.6 Å². The van der Waals surface area contributed by atoms with Crippen LogP contribution in [0.25, 0.3) is 22.3 Å². The Bertz CT molecular complexity index is 1820. The summed E-state index contributed by atoms with van der Waals surface area (Å²) in [5, 5.41) is 9.60. The normalized spacial score (nSPS) is 36.9. The second kappa shape index (κ2) is 17.2. The van der Waals surface area contributed by atoms with Gasteiger partial charge in [0.1, 0.15) is 0 Å². The van der Waals surface area contributed by atoms with Crippen LogP contribution in [0.5, 0.6) is 0 Å². The molecule has 14 rings (SSSR count). The Hall–Kier alpha value is -1.56. The summed E-state index contributed by atoms with van der Waals surface area (Å²) in [7, 11) is 3.49. The largest absolute Gasteiger partial charge is 2.00 e. The van der Waals surface area contributed by atoms with Gasteiger partial charge in [0.25, 0.3) is 0 Å². The first kappa shape index (κ1) is 41.4. The molecule has 2 aliphatic heterocycles. The van der Waals surface area contributed by atoms with E-state index in [-0.39, 0.29) is 30.1 Å². The maximum Gasteiger partial charge on any atom is 2.00 e. The van der Waals surface area contributed by atoms with Crippen LogP contribution in [0.15, 0.2) is 97.1 Å². The van der Waals surface area contributed by atoms with Crippen LogP contribution in [0.2, 0.25) is 0 Å². The summed E-state index contributed by atoms with van der Waals surface area (Å²) < 4.78 is 0. The number of piperidine rings is 2. The standard InChI is InChI=1S/C49H65N2P2.C5H5.Fe/c52-49(44-15-7-9-17-50-44,45-16-8-10-18-51-45)43-25-41(39-11-3-1-4-12-39)46(40-13-5-2-6-14-40)42(43)32-53(47-26-33-19-34(27-47)21-35(20-33)28-47)48-29-36-22-37(30-48)24-38(23-36)31-48;1-2-4-5-3-1;/h1-6,11-14,25,33-38,44-45,50-51H,7-10,15-24,26-32,52H2;1-5H;/q2*-1;+2. The maximum absolute atomic E-state index is 4.21. The molecule has 0 amide bonds. The van der Waals surface area contributed by atoms with E-state index in [9.17, 15) is 0 Å². The SMILES string of the molecule is PC(c1cc(-c2ccccc2)[c-](-c2ccccc2)c1CP(C12CC3CC(CC(C3)C1)C2)C12CC3CC(CC(C3)C1)C2)(C1CCCCN1)C1CCCCN1.[Fe+2].c1cc[cH-]c1. The monoisotopic (exact) mass is 864 g/mol. The fraction of sp³-hybridized carbons (Fsp3) is 0.593. The van der Waals surface area contributed by atoms with Crippen molar-refractivity contribution in [3.63, 3.8) is 0 Å². The number of hydrogen-bond acceptors (Lipinski definition) is 2. The summed E-state index contributed by atoms with van der Waals surface area (Å²) in [6.45, 7) is 2.32. The van der Waals surface area contributed by atoms with Crippen LogP contribution in [0.1, 0.15) is 127 Å². The first-order valence-electron chi connectivity index (χ1n) is 24.1. The van der Waals surface area contributed by atoms with E-state index in [1.54, 1.807) is 93.7 Å². The second-order valence-corrected chi connectivity index (χ2v) is 25.4. The Morgan fingerprint density at radius 3 is 1.49 bits per heavy atom. The number of nitrogens with one attached hydrogen (secondary N) is 2. The van der Waals surface area contributed by atoms with Crippen molar-refractivity contribution in [1.29, 1.82) is 0 Å². The van der Waals surface area contributed by atoms with Crippen molar-refractivity contribution in [2.75, 3.05) is 13.1 Å². The van der Waals surface area contributed by atoms with Crippen molar-refractivity contribution in [2.45, 2.75) is 149 Å². The second-order valence-electron chi connectivity index (χ2n) is 21.3. The molecule has 2 nitrogen and oxygen atoms in total. The van der Waals surface area contributed by atoms with Crippen LogP contribution >= 0.6 is 17.2 Å². The van der Waals surface area contributed by atoms with E-state index in [1.165, 1.54) is 61.4 Å². The Morgan fingerprint density at radius 2 is 1.08 bits per heavy atom. The molecule has 8 saturated carbocycles. The number of hydrogen-bond donors (Lipinski definition) is 2. The van der Waals surface area contributed by atoms with E-state index in [0.29, 0.717) is 22.4 Å². The van der Waals surface area contributed by atoms with Crippen LogP contribution in [0, 0.1) is 35.5 Å². The molecule has 3 atom stereocenters. The Labute approximate surface area is 371 Å². The minimum Gasteiger partial charge on any atom is -0.313 e. The molecule has 10 aliphatic rings. The van der Waals surface area contributed by atoms with Crippen molar-refractivity contribution < 1.29 is 17.1 Å². The van der Waals surface area contributed by atoms with Crippen LogP contribution in [-0.4, -0.2) is 35.5 Å². The molecule has 4 aromatic rings. The molecule has 4 aromatic carbocycles. The van der Waals surface area contributed by atoms with Gasteiger partial charge in [-0.2, -0.15) is 18.2 Å². The van der Waals surface area contributed by atoms with Crippen LogP contribution in [0.3, 0.4) is 0 Å². The predicted molar refractivity (Wildman–Crippen MR) is 250 cm³/mol. The van der Waals surface area contributed by atoms with Gasteiger partial charge in [-0.05, 0) is 168 Å². The van der Waals surface area contributed by atoms with E-state index in [1.807, 2.05) is 30.3 Å². The van der Waals surface area contributed by atoms with Gasteiger partial charge in [-0.3, -0.25) is 0 Å². The number of rotatable bonds is 9. The first-order chi connectivity index (χ1) is 28.5. The third kappa shape index (κ3) is 7.69. The molecule has 0 radical (unpaired) electrons. The summed E-state index contributed by atoms with van der Waals surface area (Å²) in [5.74, 6) is 6.12. The van der Waals surface area contributed by atoms with E-state index in [2.05, 4.69) is 86.6 Å². The van der Waals surface area contributed by atoms with Gasteiger partial charge in [0.15, 0.2) is 0 Å². The molecule has 2 N–H and O–H groups in total. The molecular formula is C54H70FeN2P2. The minimum absolute atomic E-state index is 0. The zero-order valence-corrected chi connectivity index (χ0v) is 38.7. The van der Waals surface area contributed by atoms with Crippen LogP contribution in [-0.2, 0) is 28.4 Å². The molecular weight excluding hydrogens is 794 g/mol. The number of benzene rings is 2. The van der Waals surface area contributed by atoms with Gasteiger partial charge in [0.2, 0.25) is 0 Å². The molecule has 2 heterocycles. The first-order valence-corrected chi connectivity index (χ1v) is 26.2. The molecule has 10 fully saturated rings. The van der Waals surface area contributed by atoms with Gasteiger partial charge >= 0.3 is 17.1 Å². The maximum atomic E-state index is 4.21. The molecule has 8 aliphatic carbocycles. The zero-order chi connectivity index (χ0) is 38.7. The zero-order valence-electron chi connectivity index (χ0n) is 35.6. The quantitative estimate of drug-likeness (QED) is 0.0995. The Balaban J connectivity index is 0.000000655. The van der Waals surface area contributed by atoms with Crippen LogP contribution < -0.4 is 10.6 Å². The van der Waals surface area contributed by atoms with Gasteiger partial charge in [0.05, 0.1) is 0 Å². The van der Waals surface area contributed by atoms with E-state index in [4.69, 9.17) is 0 Å². The predicted octanol–water partition coefficient (Wildman–Crippen LogP) is 13.4. The van der Waals surface area contributed by atoms with Crippen LogP contribution in [0.4, 0.5) is 0 Å². The van der Waals surface area contributed by atoms with Crippen molar-refractivity contribution in [3.8, 4) is 22.3 Å². The summed E-state index contributed by atoms with van der Waals surface area (Å²) in [5.41, 5.74) is 9.48. The van der Waals surface area contributed by atoms with Crippen molar-refractivity contribution in [2.24, 2.45) is 35.5 Å². The summed E-state index contributed by atoms with van der Waals surface area (Å²) in [6, 6.07) is 37.2. The average Bonchev–Trinajstić information content (AvgIpc) is 3.96. The average molecular weight is 865 g/mol. The van der Waals surface area contributed by atoms with E-state index < -0.39 is 0 Å². The molecule has 8 bridgehead atoms. The van der Waals surface area contributed by atoms with Crippen molar-refractivity contribution in [3.05, 3.63) is 108 Å². The third-order valence-electron chi connectivity index (χ3n) is 17.6. The molecule has 59 heavy (non-hydrogen) atoms. The smallest absolute Gasteiger partial charge is 0.313 e. The third-order valence-corrected chi connectivity index (χ3v) is 22.7. The topological polar surface area (TPSA) is 24.1 Å². The van der Waals surface area contributed by atoms with Crippen molar-refractivity contribution in [1.82, 2.24) is 10.6 Å². The summed E-state index contributed by atoms with van der Waals surface area (Å²) >= 11 is 0. The van der Waals surface area contributed by atoms with Gasteiger partial charge in [-0.15, -0.1) is 38.6 Å². The molecule has 5 heteroatoms. The Morgan fingerprint density at radius 1 is 0.627 bits per heavy atom. The van der Waals surface area contributed by atoms with E-state index >= 15 is 0 Å². The molecule has 3 unspecified atom stereocenters. The molecule has 314 valence electrons. The minimum atomic E-state index is -0.196.